The fourth-order valence-corrected chi connectivity index (χ4v) is 4.41. The molecule has 2 aromatic heterocycles. The van der Waals surface area contributed by atoms with Crippen LogP contribution in [0.25, 0.3) is 11.7 Å². The van der Waals surface area contributed by atoms with Gasteiger partial charge in [-0.05, 0) is 17.7 Å². The van der Waals surface area contributed by atoms with E-state index in [1.165, 1.54) is 5.56 Å². The molecule has 4 rings (SSSR count). The summed E-state index contributed by atoms with van der Waals surface area (Å²) >= 11 is 2.02. The van der Waals surface area contributed by atoms with Crippen LogP contribution in [0.5, 0.6) is 0 Å². The Morgan fingerprint density at radius 3 is 2.83 bits per heavy atom. The summed E-state index contributed by atoms with van der Waals surface area (Å²) in [5.41, 5.74) is 1.34. The van der Waals surface area contributed by atoms with E-state index in [9.17, 15) is 0 Å². The van der Waals surface area contributed by atoms with Crippen molar-refractivity contribution in [1.82, 2.24) is 15.1 Å². The van der Waals surface area contributed by atoms with E-state index in [2.05, 4.69) is 52.4 Å². The van der Waals surface area contributed by atoms with Gasteiger partial charge in [-0.2, -0.15) is 11.8 Å². The maximum atomic E-state index is 5.79. The summed E-state index contributed by atoms with van der Waals surface area (Å²) in [6.45, 7) is 3.95. The number of aromatic nitrogens is 2. The van der Waals surface area contributed by atoms with Gasteiger partial charge in [0.1, 0.15) is 0 Å². The first-order valence-corrected chi connectivity index (χ1v) is 9.13. The summed E-state index contributed by atoms with van der Waals surface area (Å²) in [4.78, 5) is 2.43. The Morgan fingerprint density at radius 2 is 2.04 bits per heavy atom. The first-order valence-electron chi connectivity index (χ1n) is 8.08. The molecule has 0 saturated carbocycles. The van der Waals surface area contributed by atoms with Crippen molar-refractivity contribution >= 4 is 11.8 Å². The van der Waals surface area contributed by atoms with E-state index >= 15 is 0 Å². The predicted molar refractivity (Wildman–Crippen MR) is 93.5 cm³/mol. The Morgan fingerprint density at radius 1 is 1.17 bits per heavy atom. The van der Waals surface area contributed by atoms with Crippen LogP contribution in [-0.2, 0) is 6.54 Å². The number of furan rings is 1. The van der Waals surface area contributed by atoms with E-state index in [1.54, 1.807) is 6.26 Å². The summed E-state index contributed by atoms with van der Waals surface area (Å²) in [6, 6.07) is 14.6. The maximum Gasteiger partial charge on any atom is 0.283 e. The first kappa shape index (κ1) is 15.5. The summed E-state index contributed by atoms with van der Waals surface area (Å²) in [5.74, 6) is 2.78. The molecule has 1 aliphatic rings. The van der Waals surface area contributed by atoms with Gasteiger partial charge in [-0.3, -0.25) is 4.90 Å². The number of hydrogen-bond acceptors (Lipinski definition) is 6. The zero-order chi connectivity index (χ0) is 16.4. The van der Waals surface area contributed by atoms with Gasteiger partial charge in [-0.1, -0.05) is 37.3 Å². The van der Waals surface area contributed by atoms with Crippen LogP contribution in [0.2, 0.25) is 0 Å². The molecular weight excluding hydrogens is 322 g/mol. The topological polar surface area (TPSA) is 55.3 Å². The van der Waals surface area contributed by atoms with Gasteiger partial charge in [0.2, 0.25) is 5.89 Å². The van der Waals surface area contributed by atoms with Crippen LogP contribution in [0.3, 0.4) is 0 Å². The molecule has 3 aromatic rings. The van der Waals surface area contributed by atoms with Gasteiger partial charge in [-0.25, -0.2) is 0 Å². The highest BCUT2D eigenvalue weighted by atomic mass is 32.2. The smallest absolute Gasteiger partial charge is 0.283 e. The Kier molecular flexibility index (Phi) is 4.40. The molecule has 24 heavy (non-hydrogen) atoms. The summed E-state index contributed by atoms with van der Waals surface area (Å²) in [5, 5.41) is 8.81. The molecule has 0 N–H and O–H groups in total. The fourth-order valence-electron chi connectivity index (χ4n) is 3.18. The van der Waals surface area contributed by atoms with Gasteiger partial charge in [-0.15, -0.1) is 10.2 Å². The number of nitrogens with zero attached hydrogens (tertiary/aromatic N) is 3. The van der Waals surface area contributed by atoms with Gasteiger partial charge in [0.15, 0.2) is 5.76 Å². The molecule has 6 heteroatoms. The second-order valence-electron chi connectivity index (χ2n) is 5.88. The third kappa shape index (κ3) is 3.12. The quantitative estimate of drug-likeness (QED) is 0.715. The Balaban J connectivity index is 1.56. The Bertz CT molecular complexity index is 773. The normalized spacial score (nSPS) is 21.9. The van der Waals surface area contributed by atoms with Crippen molar-refractivity contribution in [2.24, 2.45) is 0 Å². The van der Waals surface area contributed by atoms with E-state index in [4.69, 9.17) is 8.83 Å². The molecule has 0 aliphatic carbocycles. The molecular formula is C18H19N3O2S. The van der Waals surface area contributed by atoms with E-state index in [-0.39, 0.29) is 0 Å². The van der Waals surface area contributed by atoms with Crippen molar-refractivity contribution in [3.8, 4) is 11.7 Å². The van der Waals surface area contributed by atoms with Crippen molar-refractivity contribution in [2.75, 3.05) is 12.3 Å². The lowest BCUT2D eigenvalue weighted by Gasteiger charge is -2.39. The van der Waals surface area contributed by atoms with E-state index < -0.39 is 0 Å². The SMILES string of the molecule is C[C@@H]1SCCN(Cc2nnc(-c3ccco3)o2)[C@@H]1c1ccccc1. The van der Waals surface area contributed by atoms with Crippen LogP contribution in [0.4, 0.5) is 0 Å². The van der Waals surface area contributed by atoms with Crippen LogP contribution in [0.15, 0.2) is 57.6 Å². The van der Waals surface area contributed by atoms with Gasteiger partial charge < -0.3 is 8.83 Å². The van der Waals surface area contributed by atoms with Gasteiger partial charge >= 0.3 is 0 Å². The van der Waals surface area contributed by atoms with Crippen molar-refractivity contribution < 1.29 is 8.83 Å². The molecule has 1 saturated heterocycles. The lowest BCUT2D eigenvalue weighted by atomic mass is 10.0. The molecule has 0 radical (unpaired) electrons. The minimum absolute atomic E-state index is 0.351. The summed E-state index contributed by atoms with van der Waals surface area (Å²) in [7, 11) is 0. The predicted octanol–water partition coefficient (Wildman–Crippen LogP) is 4.01. The van der Waals surface area contributed by atoms with Crippen LogP contribution >= 0.6 is 11.8 Å². The zero-order valence-electron chi connectivity index (χ0n) is 13.5. The van der Waals surface area contributed by atoms with Crippen molar-refractivity contribution in [3.05, 3.63) is 60.2 Å². The van der Waals surface area contributed by atoms with E-state index in [0.717, 1.165) is 12.3 Å². The standard InChI is InChI=1S/C18H19N3O2S/c1-13-17(14-6-3-2-4-7-14)21(9-11-24-13)12-16-19-20-18(23-16)15-8-5-10-22-15/h2-8,10,13,17H,9,11-12H2,1H3/t13-,17-/m0/s1. The van der Waals surface area contributed by atoms with Crippen LogP contribution < -0.4 is 0 Å². The highest BCUT2D eigenvalue weighted by Gasteiger charge is 2.31. The molecule has 1 aromatic carbocycles. The highest BCUT2D eigenvalue weighted by Crippen LogP contribution is 2.36. The minimum Gasteiger partial charge on any atom is -0.459 e. The average Bonchev–Trinajstić information content (AvgIpc) is 3.27. The lowest BCUT2D eigenvalue weighted by molar-refractivity contribution is 0.174. The number of benzene rings is 1. The first-order chi connectivity index (χ1) is 11.8. The molecule has 0 amide bonds. The highest BCUT2D eigenvalue weighted by molar-refractivity contribution is 8.00. The minimum atomic E-state index is 0.351. The van der Waals surface area contributed by atoms with Crippen molar-refractivity contribution in [1.29, 1.82) is 0 Å². The molecule has 1 fully saturated rings. The fraction of sp³-hybridized carbons (Fsp3) is 0.333. The van der Waals surface area contributed by atoms with Gasteiger partial charge in [0.05, 0.1) is 12.8 Å². The third-order valence-electron chi connectivity index (χ3n) is 4.28. The van der Waals surface area contributed by atoms with Gasteiger partial charge in [0, 0.05) is 23.6 Å². The van der Waals surface area contributed by atoms with E-state index in [0.29, 0.717) is 35.4 Å². The zero-order valence-corrected chi connectivity index (χ0v) is 14.3. The Labute approximate surface area is 145 Å². The second-order valence-corrected chi connectivity index (χ2v) is 7.37. The molecule has 5 nitrogen and oxygen atoms in total. The summed E-state index contributed by atoms with van der Waals surface area (Å²) in [6.07, 6.45) is 1.61. The average molecular weight is 341 g/mol. The van der Waals surface area contributed by atoms with Crippen LogP contribution in [0.1, 0.15) is 24.4 Å². The van der Waals surface area contributed by atoms with Gasteiger partial charge in [0.25, 0.3) is 5.89 Å². The number of thioether (sulfide) groups is 1. The monoisotopic (exact) mass is 341 g/mol. The van der Waals surface area contributed by atoms with Crippen molar-refractivity contribution in [3.63, 3.8) is 0 Å². The maximum absolute atomic E-state index is 5.79. The largest absolute Gasteiger partial charge is 0.459 e. The number of rotatable bonds is 4. The molecule has 2 atom stereocenters. The second kappa shape index (κ2) is 6.83. The summed E-state index contributed by atoms with van der Waals surface area (Å²) < 4.78 is 11.1. The Hall–Kier alpha value is -2.05. The van der Waals surface area contributed by atoms with Crippen LogP contribution in [-0.4, -0.2) is 32.6 Å². The number of hydrogen-bond donors (Lipinski definition) is 0. The van der Waals surface area contributed by atoms with Crippen LogP contribution in [0, 0.1) is 0 Å². The molecule has 0 spiro atoms. The van der Waals surface area contributed by atoms with Crippen molar-refractivity contribution in [2.45, 2.75) is 24.8 Å². The van der Waals surface area contributed by atoms with E-state index in [1.807, 2.05) is 23.9 Å². The molecule has 3 heterocycles. The molecule has 0 bridgehead atoms. The lowest BCUT2D eigenvalue weighted by Crippen LogP contribution is -2.39. The molecule has 124 valence electrons. The molecule has 0 unspecified atom stereocenters. The molecule has 1 aliphatic heterocycles. The third-order valence-corrected chi connectivity index (χ3v) is 5.48.